The number of ether oxygens (including phenoxy) is 1. The van der Waals surface area contributed by atoms with Gasteiger partial charge in [0.1, 0.15) is 23.5 Å². The standard InChI is InChI=1S/C23H19F2N3O3/c1-14-15(2)28(12-16-7-9-17(24)10-8-16)22(19(14)11-26)27-21(29)13-31-23(30)18-5-3-4-6-20(18)25/h3-10H,12-13H2,1-2H3,(H,27,29). The molecule has 1 amide bonds. The molecule has 0 unspecified atom stereocenters. The van der Waals surface area contributed by atoms with E-state index >= 15 is 0 Å². The fourth-order valence-electron chi connectivity index (χ4n) is 3.10. The average molecular weight is 423 g/mol. The van der Waals surface area contributed by atoms with Crippen molar-refractivity contribution in [3.05, 3.63) is 88.1 Å². The molecule has 0 aliphatic rings. The molecule has 3 aromatic rings. The lowest BCUT2D eigenvalue weighted by Gasteiger charge is -2.13. The summed E-state index contributed by atoms with van der Waals surface area (Å²) in [5, 5.41) is 12.2. The first-order valence-electron chi connectivity index (χ1n) is 9.37. The van der Waals surface area contributed by atoms with Gasteiger partial charge in [0.2, 0.25) is 0 Å². The molecule has 0 spiro atoms. The van der Waals surface area contributed by atoms with E-state index in [-0.39, 0.29) is 22.8 Å². The highest BCUT2D eigenvalue weighted by molar-refractivity contribution is 5.96. The van der Waals surface area contributed by atoms with Crippen LogP contribution in [0.3, 0.4) is 0 Å². The van der Waals surface area contributed by atoms with Crippen LogP contribution in [0.4, 0.5) is 14.6 Å². The first-order chi connectivity index (χ1) is 14.8. The van der Waals surface area contributed by atoms with Crippen LogP contribution in [0.25, 0.3) is 0 Å². The van der Waals surface area contributed by atoms with Gasteiger partial charge in [-0.2, -0.15) is 5.26 Å². The zero-order valence-electron chi connectivity index (χ0n) is 16.9. The molecule has 0 fully saturated rings. The fourth-order valence-corrected chi connectivity index (χ4v) is 3.10. The summed E-state index contributed by atoms with van der Waals surface area (Å²) in [6.07, 6.45) is 0. The maximum Gasteiger partial charge on any atom is 0.341 e. The van der Waals surface area contributed by atoms with Crippen LogP contribution in [-0.2, 0) is 16.1 Å². The zero-order valence-corrected chi connectivity index (χ0v) is 16.9. The number of hydrogen-bond acceptors (Lipinski definition) is 4. The lowest BCUT2D eigenvalue weighted by atomic mass is 10.2. The van der Waals surface area contributed by atoms with Crippen molar-refractivity contribution in [2.24, 2.45) is 0 Å². The summed E-state index contributed by atoms with van der Waals surface area (Å²) in [4.78, 5) is 24.4. The van der Waals surface area contributed by atoms with Gasteiger partial charge in [-0.25, -0.2) is 13.6 Å². The summed E-state index contributed by atoms with van der Waals surface area (Å²) in [7, 11) is 0. The minimum atomic E-state index is -0.970. The van der Waals surface area contributed by atoms with Gasteiger partial charge in [0.25, 0.3) is 5.91 Å². The number of nitrogens with one attached hydrogen (secondary N) is 1. The smallest absolute Gasteiger partial charge is 0.341 e. The molecule has 3 rings (SSSR count). The summed E-state index contributed by atoms with van der Waals surface area (Å²) in [6, 6.07) is 13.2. The Labute approximate surface area is 177 Å². The van der Waals surface area contributed by atoms with Gasteiger partial charge in [-0.3, -0.25) is 4.79 Å². The zero-order chi connectivity index (χ0) is 22.5. The van der Waals surface area contributed by atoms with Gasteiger partial charge in [-0.05, 0) is 49.2 Å². The van der Waals surface area contributed by atoms with Crippen molar-refractivity contribution in [3.8, 4) is 6.07 Å². The van der Waals surface area contributed by atoms with Crippen molar-refractivity contribution in [3.63, 3.8) is 0 Å². The number of carbonyl (C=O) groups excluding carboxylic acids is 2. The second-order valence-electron chi connectivity index (χ2n) is 6.86. The van der Waals surface area contributed by atoms with E-state index in [4.69, 9.17) is 4.74 Å². The van der Waals surface area contributed by atoms with Gasteiger partial charge in [0, 0.05) is 12.2 Å². The Morgan fingerprint density at radius 3 is 2.42 bits per heavy atom. The van der Waals surface area contributed by atoms with E-state index in [1.807, 2.05) is 0 Å². The Kier molecular flexibility index (Phi) is 6.46. The van der Waals surface area contributed by atoms with E-state index in [0.29, 0.717) is 12.1 Å². The van der Waals surface area contributed by atoms with Crippen LogP contribution in [0.1, 0.15) is 32.7 Å². The van der Waals surface area contributed by atoms with E-state index in [1.165, 1.54) is 30.3 Å². The number of amides is 1. The molecule has 0 radical (unpaired) electrons. The van der Waals surface area contributed by atoms with E-state index in [9.17, 15) is 23.6 Å². The molecule has 1 heterocycles. The van der Waals surface area contributed by atoms with E-state index in [1.54, 1.807) is 30.5 Å². The molecular weight excluding hydrogens is 404 g/mol. The Hall–Kier alpha value is -3.99. The van der Waals surface area contributed by atoms with Crippen LogP contribution in [0, 0.1) is 36.8 Å². The molecule has 2 aromatic carbocycles. The summed E-state index contributed by atoms with van der Waals surface area (Å²) in [5.41, 5.74) is 2.20. The van der Waals surface area contributed by atoms with Crippen LogP contribution in [0.2, 0.25) is 0 Å². The normalized spacial score (nSPS) is 10.4. The predicted octanol–water partition coefficient (Wildman–Crippen LogP) is 4.10. The molecule has 1 aromatic heterocycles. The minimum Gasteiger partial charge on any atom is -0.452 e. The molecule has 0 saturated heterocycles. The third-order valence-corrected chi connectivity index (χ3v) is 4.88. The molecule has 6 nitrogen and oxygen atoms in total. The number of carbonyl (C=O) groups is 2. The summed E-state index contributed by atoms with van der Waals surface area (Å²) >= 11 is 0. The Morgan fingerprint density at radius 1 is 1.10 bits per heavy atom. The molecule has 8 heteroatoms. The van der Waals surface area contributed by atoms with Gasteiger partial charge >= 0.3 is 5.97 Å². The van der Waals surface area contributed by atoms with Crippen molar-refractivity contribution < 1.29 is 23.1 Å². The van der Waals surface area contributed by atoms with E-state index in [2.05, 4.69) is 11.4 Å². The molecule has 1 N–H and O–H groups in total. The van der Waals surface area contributed by atoms with Crippen LogP contribution in [0.15, 0.2) is 48.5 Å². The summed E-state index contributed by atoms with van der Waals surface area (Å²) < 4.78 is 33.5. The maximum absolute atomic E-state index is 13.7. The summed E-state index contributed by atoms with van der Waals surface area (Å²) in [5.74, 6) is -2.53. The number of aromatic nitrogens is 1. The largest absolute Gasteiger partial charge is 0.452 e. The van der Waals surface area contributed by atoms with Crippen molar-refractivity contribution in [1.82, 2.24) is 4.57 Å². The van der Waals surface area contributed by atoms with Crippen LogP contribution < -0.4 is 5.32 Å². The topological polar surface area (TPSA) is 84.1 Å². The van der Waals surface area contributed by atoms with Crippen molar-refractivity contribution in [1.29, 1.82) is 5.26 Å². The number of hydrogen-bond donors (Lipinski definition) is 1. The fraction of sp³-hybridized carbons (Fsp3) is 0.174. The lowest BCUT2D eigenvalue weighted by molar-refractivity contribution is -0.119. The molecule has 0 aliphatic carbocycles. The van der Waals surface area contributed by atoms with Crippen LogP contribution in [-0.4, -0.2) is 23.1 Å². The third kappa shape index (κ3) is 4.78. The number of esters is 1. The van der Waals surface area contributed by atoms with Gasteiger partial charge in [0.05, 0.1) is 11.1 Å². The quantitative estimate of drug-likeness (QED) is 0.605. The van der Waals surface area contributed by atoms with E-state index < -0.39 is 24.3 Å². The van der Waals surface area contributed by atoms with Gasteiger partial charge in [-0.15, -0.1) is 0 Å². The van der Waals surface area contributed by atoms with Crippen molar-refractivity contribution in [2.45, 2.75) is 20.4 Å². The van der Waals surface area contributed by atoms with Crippen molar-refractivity contribution >= 4 is 17.7 Å². The Morgan fingerprint density at radius 2 is 1.77 bits per heavy atom. The molecule has 0 atom stereocenters. The minimum absolute atomic E-state index is 0.244. The van der Waals surface area contributed by atoms with Crippen LogP contribution >= 0.6 is 0 Å². The molecular formula is C23H19F2N3O3. The molecule has 31 heavy (non-hydrogen) atoms. The second-order valence-corrected chi connectivity index (χ2v) is 6.86. The van der Waals surface area contributed by atoms with Gasteiger partial charge in [0.15, 0.2) is 6.61 Å². The second kappa shape index (κ2) is 9.22. The van der Waals surface area contributed by atoms with Crippen LogP contribution in [0.5, 0.6) is 0 Å². The first kappa shape index (κ1) is 21.7. The number of nitriles is 1. The molecule has 0 saturated carbocycles. The predicted molar refractivity (Wildman–Crippen MR) is 109 cm³/mol. The van der Waals surface area contributed by atoms with Gasteiger partial charge < -0.3 is 14.6 Å². The van der Waals surface area contributed by atoms with E-state index in [0.717, 1.165) is 17.3 Å². The Bertz CT molecular complexity index is 1180. The average Bonchev–Trinajstić information content (AvgIpc) is 2.97. The number of anilines is 1. The Balaban J connectivity index is 1.78. The lowest BCUT2D eigenvalue weighted by Crippen LogP contribution is -2.23. The first-order valence-corrected chi connectivity index (χ1v) is 9.37. The molecule has 0 bridgehead atoms. The number of halogens is 2. The van der Waals surface area contributed by atoms with Crippen molar-refractivity contribution in [2.75, 3.05) is 11.9 Å². The van der Waals surface area contributed by atoms with Gasteiger partial charge in [-0.1, -0.05) is 24.3 Å². The monoisotopic (exact) mass is 423 g/mol. The SMILES string of the molecule is Cc1c(C#N)c(NC(=O)COC(=O)c2ccccc2F)n(Cc2ccc(F)cc2)c1C. The maximum atomic E-state index is 13.7. The number of benzene rings is 2. The highest BCUT2D eigenvalue weighted by atomic mass is 19.1. The number of rotatable bonds is 6. The molecule has 158 valence electrons. The molecule has 0 aliphatic heterocycles. The highest BCUT2D eigenvalue weighted by Crippen LogP contribution is 2.27. The highest BCUT2D eigenvalue weighted by Gasteiger charge is 2.21. The number of nitrogens with zero attached hydrogens (tertiary/aromatic N) is 2. The summed E-state index contributed by atoms with van der Waals surface area (Å²) in [6.45, 7) is 3.19. The third-order valence-electron chi connectivity index (χ3n) is 4.88.